The zero-order valence-electron chi connectivity index (χ0n) is 12.6. The fraction of sp³-hybridized carbons (Fsp3) is 0.533. The van der Waals surface area contributed by atoms with Crippen molar-refractivity contribution in [1.29, 1.82) is 0 Å². The van der Waals surface area contributed by atoms with Crippen LogP contribution in [0.5, 0.6) is 11.5 Å². The van der Waals surface area contributed by atoms with Crippen molar-refractivity contribution in [2.75, 3.05) is 20.8 Å². The van der Waals surface area contributed by atoms with Gasteiger partial charge in [0.05, 0.1) is 0 Å². The van der Waals surface area contributed by atoms with Gasteiger partial charge in [-0.3, -0.25) is 9.69 Å². The van der Waals surface area contributed by atoms with Crippen LogP contribution in [0, 0.1) is 13.8 Å². The maximum atomic E-state index is 11.3. The van der Waals surface area contributed by atoms with Crippen molar-refractivity contribution in [1.82, 2.24) is 4.90 Å². The van der Waals surface area contributed by atoms with E-state index in [2.05, 4.69) is 0 Å². The number of benzene rings is 1. The van der Waals surface area contributed by atoms with Crippen LogP contribution < -0.4 is 9.47 Å². The summed E-state index contributed by atoms with van der Waals surface area (Å²) in [5.41, 5.74) is 2.06. The molecule has 0 aliphatic heterocycles. The fourth-order valence-corrected chi connectivity index (χ4v) is 1.57. The number of rotatable bonds is 6. The van der Waals surface area contributed by atoms with Crippen LogP contribution in [0.3, 0.4) is 0 Å². The average molecular weight is 265 g/mol. The third-order valence-corrected chi connectivity index (χ3v) is 2.83. The normalized spacial score (nSPS) is 12.4. The molecule has 1 aromatic rings. The van der Waals surface area contributed by atoms with Gasteiger partial charge in [0.15, 0.2) is 11.9 Å². The van der Waals surface area contributed by atoms with Gasteiger partial charge in [0.2, 0.25) is 0 Å². The second kappa shape index (κ2) is 6.57. The van der Waals surface area contributed by atoms with Crippen LogP contribution >= 0.6 is 0 Å². The molecule has 1 atom stereocenters. The van der Waals surface area contributed by atoms with E-state index in [4.69, 9.17) is 9.47 Å². The third-order valence-electron chi connectivity index (χ3n) is 2.83. The molecule has 0 saturated heterocycles. The van der Waals surface area contributed by atoms with Crippen molar-refractivity contribution in [3.63, 3.8) is 0 Å². The van der Waals surface area contributed by atoms with Crippen molar-refractivity contribution >= 4 is 5.78 Å². The van der Waals surface area contributed by atoms with Crippen molar-refractivity contribution in [2.24, 2.45) is 0 Å². The fourth-order valence-electron chi connectivity index (χ4n) is 1.57. The number of nitrogens with zero attached hydrogens (tertiary/aromatic N) is 1. The Bertz CT molecular complexity index is 455. The summed E-state index contributed by atoms with van der Waals surface area (Å²) in [6, 6.07) is 3.86. The van der Waals surface area contributed by atoms with E-state index in [0.717, 1.165) is 16.9 Å². The standard InChI is InChI=1S/C15H23NO3/c1-10-7-11(2)15(19-13(4)12(3)17)8-14(10)18-9-16(5)6/h7-8,13H,9H2,1-6H3. The topological polar surface area (TPSA) is 38.8 Å². The number of ketones is 1. The smallest absolute Gasteiger partial charge is 0.169 e. The van der Waals surface area contributed by atoms with Crippen LogP contribution in [0.2, 0.25) is 0 Å². The highest BCUT2D eigenvalue weighted by molar-refractivity contribution is 5.80. The molecule has 0 bridgehead atoms. The molecule has 0 fully saturated rings. The highest BCUT2D eigenvalue weighted by Crippen LogP contribution is 2.29. The molecule has 0 heterocycles. The highest BCUT2D eigenvalue weighted by atomic mass is 16.5. The van der Waals surface area contributed by atoms with E-state index in [9.17, 15) is 4.79 Å². The predicted molar refractivity (Wildman–Crippen MR) is 75.9 cm³/mol. The lowest BCUT2D eigenvalue weighted by Gasteiger charge is -2.18. The minimum atomic E-state index is -0.442. The van der Waals surface area contributed by atoms with Gasteiger partial charge in [-0.1, -0.05) is 0 Å². The summed E-state index contributed by atoms with van der Waals surface area (Å²) >= 11 is 0. The summed E-state index contributed by atoms with van der Waals surface area (Å²) in [5.74, 6) is 1.49. The number of ether oxygens (including phenoxy) is 2. The minimum Gasteiger partial charge on any atom is -0.483 e. The van der Waals surface area contributed by atoms with Crippen LogP contribution in [0.4, 0.5) is 0 Å². The number of hydrogen-bond donors (Lipinski definition) is 0. The molecule has 0 amide bonds. The van der Waals surface area contributed by atoms with Crippen LogP contribution in [-0.2, 0) is 4.79 Å². The molecule has 19 heavy (non-hydrogen) atoms. The molecular formula is C15H23NO3. The van der Waals surface area contributed by atoms with Crippen molar-refractivity contribution in [2.45, 2.75) is 33.8 Å². The Hall–Kier alpha value is -1.55. The molecule has 4 nitrogen and oxygen atoms in total. The number of hydrogen-bond acceptors (Lipinski definition) is 4. The van der Waals surface area contributed by atoms with Gasteiger partial charge < -0.3 is 9.47 Å². The number of Topliss-reactive ketones (excluding diaryl/α,β-unsaturated/α-hetero) is 1. The lowest BCUT2D eigenvalue weighted by atomic mass is 10.1. The van der Waals surface area contributed by atoms with E-state index in [-0.39, 0.29) is 5.78 Å². The van der Waals surface area contributed by atoms with Crippen molar-refractivity contribution < 1.29 is 14.3 Å². The molecule has 0 aromatic heterocycles. The first-order valence-electron chi connectivity index (χ1n) is 6.37. The predicted octanol–water partition coefficient (Wildman–Crippen LogP) is 2.56. The summed E-state index contributed by atoms with van der Waals surface area (Å²) in [6.07, 6.45) is -0.442. The minimum absolute atomic E-state index is 0.00994. The van der Waals surface area contributed by atoms with E-state index in [1.807, 2.05) is 45.0 Å². The van der Waals surface area contributed by atoms with Gasteiger partial charge in [0, 0.05) is 6.07 Å². The lowest BCUT2D eigenvalue weighted by Crippen LogP contribution is -2.21. The van der Waals surface area contributed by atoms with E-state index < -0.39 is 6.10 Å². The zero-order valence-corrected chi connectivity index (χ0v) is 12.6. The van der Waals surface area contributed by atoms with E-state index in [1.54, 1.807) is 6.92 Å². The van der Waals surface area contributed by atoms with Gasteiger partial charge in [-0.2, -0.15) is 0 Å². The SMILES string of the molecule is CC(=O)C(C)Oc1cc(OCN(C)C)c(C)cc1C. The largest absolute Gasteiger partial charge is 0.483 e. The van der Waals surface area contributed by atoms with E-state index in [1.165, 1.54) is 6.92 Å². The number of carbonyl (C=O) groups excluding carboxylic acids is 1. The molecular weight excluding hydrogens is 242 g/mol. The maximum absolute atomic E-state index is 11.3. The third kappa shape index (κ3) is 4.56. The average Bonchev–Trinajstić information content (AvgIpc) is 2.30. The summed E-state index contributed by atoms with van der Waals surface area (Å²) in [5, 5.41) is 0. The number of aryl methyl sites for hydroxylation is 2. The van der Waals surface area contributed by atoms with Crippen molar-refractivity contribution in [3.05, 3.63) is 23.3 Å². The van der Waals surface area contributed by atoms with Crippen LogP contribution in [0.15, 0.2) is 12.1 Å². The van der Waals surface area contributed by atoms with Crippen LogP contribution in [0.1, 0.15) is 25.0 Å². The Morgan fingerprint density at radius 1 is 1.21 bits per heavy atom. The first kappa shape index (κ1) is 15.5. The van der Waals surface area contributed by atoms with Gasteiger partial charge >= 0.3 is 0 Å². The molecule has 0 aliphatic rings. The first-order chi connectivity index (χ1) is 8.81. The molecule has 0 radical (unpaired) electrons. The summed E-state index contributed by atoms with van der Waals surface area (Å²) in [4.78, 5) is 13.2. The van der Waals surface area contributed by atoms with Crippen LogP contribution in [-0.4, -0.2) is 37.6 Å². The van der Waals surface area contributed by atoms with Gasteiger partial charge in [-0.15, -0.1) is 0 Å². The van der Waals surface area contributed by atoms with Gasteiger partial charge in [0.25, 0.3) is 0 Å². The molecule has 0 spiro atoms. The van der Waals surface area contributed by atoms with Gasteiger partial charge in [-0.05, 0) is 59.0 Å². The molecule has 106 valence electrons. The molecule has 0 saturated carbocycles. The maximum Gasteiger partial charge on any atom is 0.169 e. The van der Waals surface area contributed by atoms with Gasteiger partial charge in [-0.25, -0.2) is 0 Å². The molecule has 1 aromatic carbocycles. The molecule has 1 rings (SSSR count). The quantitative estimate of drug-likeness (QED) is 0.741. The molecule has 0 aliphatic carbocycles. The summed E-state index contributed by atoms with van der Waals surface area (Å²) in [7, 11) is 3.89. The van der Waals surface area contributed by atoms with E-state index in [0.29, 0.717) is 12.5 Å². The Morgan fingerprint density at radius 3 is 2.32 bits per heavy atom. The van der Waals surface area contributed by atoms with Gasteiger partial charge in [0.1, 0.15) is 18.2 Å². The van der Waals surface area contributed by atoms with Crippen molar-refractivity contribution in [3.8, 4) is 11.5 Å². The van der Waals surface area contributed by atoms with E-state index >= 15 is 0 Å². The Labute approximate surface area is 115 Å². The molecule has 4 heteroatoms. The first-order valence-corrected chi connectivity index (χ1v) is 6.37. The monoisotopic (exact) mass is 265 g/mol. The Balaban J connectivity index is 2.92. The summed E-state index contributed by atoms with van der Waals surface area (Å²) < 4.78 is 11.4. The molecule has 0 N–H and O–H groups in total. The lowest BCUT2D eigenvalue weighted by molar-refractivity contribution is -0.122. The summed E-state index contributed by atoms with van der Waals surface area (Å²) in [6.45, 7) is 7.74. The van der Waals surface area contributed by atoms with Crippen LogP contribution in [0.25, 0.3) is 0 Å². The highest BCUT2D eigenvalue weighted by Gasteiger charge is 2.13. The zero-order chi connectivity index (χ0) is 14.6. The molecule has 1 unspecified atom stereocenters. The Morgan fingerprint density at radius 2 is 1.79 bits per heavy atom. The second-order valence-electron chi connectivity index (χ2n) is 5.11. The Kier molecular flexibility index (Phi) is 5.36. The second-order valence-corrected chi connectivity index (χ2v) is 5.11. The number of carbonyl (C=O) groups is 1.